The zero-order chi connectivity index (χ0) is 13.2. The summed E-state index contributed by atoms with van der Waals surface area (Å²) in [7, 11) is 0. The molecule has 0 N–H and O–H groups in total. The van der Waals surface area contributed by atoms with E-state index in [4.69, 9.17) is 16.3 Å². The number of allylic oxidation sites excluding steroid dienone is 3. The highest BCUT2D eigenvalue weighted by Gasteiger charge is 2.33. The van der Waals surface area contributed by atoms with Crippen LogP contribution < -0.4 is 0 Å². The van der Waals surface area contributed by atoms with Crippen molar-refractivity contribution in [1.29, 1.82) is 0 Å². The van der Waals surface area contributed by atoms with Crippen LogP contribution in [0.5, 0.6) is 0 Å². The summed E-state index contributed by atoms with van der Waals surface area (Å²) in [6, 6.07) is 0. The molecule has 17 heavy (non-hydrogen) atoms. The first kappa shape index (κ1) is 14.3. The van der Waals surface area contributed by atoms with Gasteiger partial charge in [-0.15, -0.1) is 0 Å². The average Bonchev–Trinajstić information content (AvgIpc) is 2.14. The van der Waals surface area contributed by atoms with Crippen LogP contribution in [0, 0.1) is 11.3 Å². The molecule has 0 amide bonds. The van der Waals surface area contributed by atoms with Crippen molar-refractivity contribution in [2.75, 3.05) is 0 Å². The Balaban J connectivity index is 2.94. The molecule has 0 saturated carbocycles. The van der Waals surface area contributed by atoms with E-state index in [9.17, 15) is 4.79 Å². The van der Waals surface area contributed by atoms with Crippen LogP contribution in [-0.4, -0.2) is 12.1 Å². The van der Waals surface area contributed by atoms with Crippen molar-refractivity contribution < 1.29 is 9.53 Å². The lowest BCUT2D eigenvalue weighted by Crippen LogP contribution is -2.29. The first-order valence-electron chi connectivity index (χ1n) is 6.00. The van der Waals surface area contributed by atoms with E-state index < -0.39 is 0 Å². The fourth-order valence-electron chi connectivity index (χ4n) is 1.94. The minimum atomic E-state index is -0.195. The minimum absolute atomic E-state index is 0.0743. The molecule has 0 heterocycles. The normalized spacial score (nSPS) is 21.0. The maximum absolute atomic E-state index is 12.0. The molecule has 1 unspecified atom stereocenters. The van der Waals surface area contributed by atoms with Crippen LogP contribution in [0.15, 0.2) is 22.8 Å². The van der Waals surface area contributed by atoms with Crippen LogP contribution in [0.4, 0.5) is 0 Å². The number of halogens is 1. The molecule has 1 aliphatic carbocycles. The van der Waals surface area contributed by atoms with Crippen molar-refractivity contribution >= 4 is 17.6 Å². The summed E-state index contributed by atoms with van der Waals surface area (Å²) in [5.41, 5.74) is 0.977. The maximum Gasteiger partial charge on any atom is 0.313 e. The van der Waals surface area contributed by atoms with E-state index in [1.807, 2.05) is 26.0 Å². The quantitative estimate of drug-likeness (QED) is 0.697. The lowest BCUT2D eigenvalue weighted by atomic mass is 9.75. The highest BCUT2D eigenvalue weighted by Crippen LogP contribution is 2.38. The Hall–Kier alpha value is -0.760. The number of rotatable bonds is 2. The van der Waals surface area contributed by atoms with E-state index >= 15 is 0 Å². The van der Waals surface area contributed by atoms with E-state index in [1.54, 1.807) is 0 Å². The zero-order valence-electron chi connectivity index (χ0n) is 11.2. The van der Waals surface area contributed by atoms with E-state index in [0.29, 0.717) is 11.5 Å². The predicted octanol–water partition coefficient (Wildman–Crippen LogP) is 4.05. The summed E-state index contributed by atoms with van der Waals surface area (Å²) in [5, 5.41) is 0.712. The minimum Gasteiger partial charge on any atom is -0.463 e. The van der Waals surface area contributed by atoms with Crippen molar-refractivity contribution in [3.63, 3.8) is 0 Å². The van der Waals surface area contributed by atoms with Gasteiger partial charge in [0.25, 0.3) is 0 Å². The van der Waals surface area contributed by atoms with Gasteiger partial charge in [0.1, 0.15) is 0 Å². The van der Waals surface area contributed by atoms with Crippen molar-refractivity contribution in [3.8, 4) is 0 Å². The van der Waals surface area contributed by atoms with Gasteiger partial charge in [0, 0.05) is 5.03 Å². The van der Waals surface area contributed by atoms with E-state index in [1.165, 1.54) is 0 Å². The molecule has 1 atom stereocenters. The molecule has 96 valence electrons. The monoisotopic (exact) mass is 256 g/mol. The molecule has 3 heteroatoms. The van der Waals surface area contributed by atoms with Crippen LogP contribution in [0.2, 0.25) is 0 Å². The number of ether oxygens (including phenoxy) is 1. The van der Waals surface area contributed by atoms with Gasteiger partial charge in [0.15, 0.2) is 0 Å². The smallest absolute Gasteiger partial charge is 0.313 e. The van der Waals surface area contributed by atoms with Gasteiger partial charge in [0.2, 0.25) is 0 Å². The summed E-state index contributed by atoms with van der Waals surface area (Å²) >= 11 is 6.03. The summed E-state index contributed by atoms with van der Waals surface area (Å²) in [6.45, 7) is 9.99. The number of esters is 1. The van der Waals surface area contributed by atoms with Crippen LogP contribution >= 0.6 is 11.6 Å². The predicted molar refractivity (Wildman–Crippen MR) is 70.8 cm³/mol. The SMILES string of the molecule is CC(C)OC(=O)C1CC=C(Cl)C=C1C(C)(C)C. The summed E-state index contributed by atoms with van der Waals surface area (Å²) < 4.78 is 5.30. The van der Waals surface area contributed by atoms with Gasteiger partial charge in [0.05, 0.1) is 12.0 Å². The summed E-state index contributed by atoms with van der Waals surface area (Å²) in [4.78, 5) is 12.0. The Morgan fingerprint density at radius 3 is 2.53 bits per heavy atom. The van der Waals surface area contributed by atoms with Gasteiger partial charge < -0.3 is 4.74 Å². The second-order valence-corrected chi connectivity index (χ2v) is 6.15. The lowest BCUT2D eigenvalue weighted by molar-refractivity contribution is -0.151. The van der Waals surface area contributed by atoms with Gasteiger partial charge in [-0.2, -0.15) is 0 Å². The van der Waals surface area contributed by atoms with Crippen LogP contribution in [0.25, 0.3) is 0 Å². The van der Waals surface area contributed by atoms with Crippen molar-refractivity contribution in [1.82, 2.24) is 0 Å². The van der Waals surface area contributed by atoms with Crippen molar-refractivity contribution in [2.24, 2.45) is 11.3 Å². The van der Waals surface area contributed by atoms with Gasteiger partial charge in [-0.25, -0.2) is 0 Å². The third-order valence-corrected chi connectivity index (χ3v) is 2.98. The van der Waals surface area contributed by atoms with Crippen LogP contribution in [0.3, 0.4) is 0 Å². The van der Waals surface area contributed by atoms with Crippen molar-refractivity contribution in [2.45, 2.75) is 47.1 Å². The fraction of sp³-hybridized carbons (Fsp3) is 0.643. The highest BCUT2D eigenvalue weighted by atomic mass is 35.5. The molecule has 1 aliphatic rings. The molecular formula is C14H21ClO2. The Morgan fingerprint density at radius 2 is 2.06 bits per heavy atom. The fourth-order valence-corrected chi connectivity index (χ4v) is 2.15. The topological polar surface area (TPSA) is 26.3 Å². The molecule has 0 aromatic carbocycles. The van der Waals surface area contributed by atoms with Gasteiger partial charge in [-0.1, -0.05) is 38.4 Å². The lowest BCUT2D eigenvalue weighted by Gasteiger charge is -2.31. The Kier molecular flexibility index (Phi) is 4.42. The standard InChI is InChI=1S/C14H21ClO2/c1-9(2)17-13(16)11-7-6-10(15)8-12(11)14(3,4)5/h6,8-9,11H,7H2,1-5H3. The molecule has 0 radical (unpaired) electrons. The first-order valence-corrected chi connectivity index (χ1v) is 6.38. The summed E-state index contributed by atoms with van der Waals surface area (Å²) in [6.07, 6.45) is 4.33. The molecule has 0 saturated heterocycles. The molecule has 1 rings (SSSR count). The molecular weight excluding hydrogens is 236 g/mol. The number of carbonyl (C=O) groups excluding carboxylic acids is 1. The molecule has 0 bridgehead atoms. The first-order chi connectivity index (χ1) is 7.71. The Labute approximate surface area is 109 Å². The molecule has 0 spiro atoms. The largest absolute Gasteiger partial charge is 0.463 e. The maximum atomic E-state index is 12.0. The van der Waals surface area contributed by atoms with E-state index in [0.717, 1.165) is 5.57 Å². The third kappa shape index (κ3) is 3.88. The second kappa shape index (κ2) is 5.26. The molecule has 0 aliphatic heterocycles. The Morgan fingerprint density at radius 1 is 1.47 bits per heavy atom. The summed E-state index contributed by atoms with van der Waals surface area (Å²) in [5.74, 6) is -0.346. The Bertz CT molecular complexity index is 359. The van der Waals surface area contributed by atoms with E-state index in [2.05, 4.69) is 20.8 Å². The highest BCUT2D eigenvalue weighted by molar-refractivity contribution is 6.31. The molecule has 0 aromatic rings. The zero-order valence-corrected chi connectivity index (χ0v) is 12.0. The number of carbonyl (C=O) groups is 1. The van der Waals surface area contributed by atoms with Gasteiger partial charge >= 0.3 is 5.97 Å². The average molecular weight is 257 g/mol. The van der Waals surface area contributed by atoms with Crippen molar-refractivity contribution in [3.05, 3.63) is 22.8 Å². The van der Waals surface area contributed by atoms with Gasteiger partial charge in [-0.3, -0.25) is 4.79 Å². The van der Waals surface area contributed by atoms with Crippen LogP contribution in [0.1, 0.15) is 41.0 Å². The number of hydrogen-bond acceptors (Lipinski definition) is 2. The third-order valence-electron chi connectivity index (χ3n) is 2.72. The van der Waals surface area contributed by atoms with E-state index in [-0.39, 0.29) is 23.4 Å². The molecule has 2 nitrogen and oxygen atoms in total. The van der Waals surface area contributed by atoms with Gasteiger partial charge in [-0.05, 0) is 37.3 Å². The second-order valence-electron chi connectivity index (χ2n) is 5.71. The molecule has 0 aromatic heterocycles. The number of hydrogen-bond donors (Lipinski definition) is 0. The van der Waals surface area contributed by atoms with Crippen LogP contribution in [-0.2, 0) is 9.53 Å². The molecule has 0 fully saturated rings.